The highest BCUT2D eigenvalue weighted by Crippen LogP contribution is 2.20. The molecule has 2 aromatic carbocycles. The van der Waals surface area contributed by atoms with E-state index in [1.54, 1.807) is 37.4 Å². The molecule has 0 aliphatic carbocycles. The maximum absolute atomic E-state index is 14.4. The normalized spacial score (nSPS) is 14.1. The summed E-state index contributed by atoms with van der Waals surface area (Å²) in [5, 5.41) is 24.8. The number of rotatable bonds is 26. The number of H-pyrrole nitrogens is 1. The van der Waals surface area contributed by atoms with Crippen molar-refractivity contribution in [3.05, 3.63) is 71.9 Å². The molecule has 1 aromatic heterocycles. The molecule has 0 fully saturated rings. The number of amides is 6. The number of carbonyl (C=O) groups excluding carboxylic acids is 6. The fourth-order valence-electron chi connectivity index (χ4n) is 6.33. The zero-order valence-corrected chi connectivity index (χ0v) is 34.9. The van der Waals surface area contributed by atoms with Crippen molar-refractivity contribution < 1.29 is 28.8 Å². The lowest BCUT2D eigenvalue weighted by Gasteiger charge is -2.27. The molecule has 18 heteroatoms. The fourth-order valence-corrected chi connectivity index (χ4v) is 6.80. The van der Waals surface area contributed by atoms with Crippen molar-refractivity contribution in [3.8, 4) is 0 Å². The third kappa shape index (κ3) is 16.3. The van der Waals surface area contributed by atoms with Crippen LogP contribution in [0, 0.1) is 11.3 Å². The highest BCUT2D eigenvalue weighted by atomic mass is 32.2. The minimum Gasteiger partial charge on any atom is -0.370 e. The maximum atomic E-state index is 14.4. The van der Waals surface area contributed by atoms with Gasteiger partial charge in [0, 0.05) is 42.4 Å². The molecule has 17 nitrogen and oxygen atoms in total. The zero-order valence-electron chi connectivity index (χ0n) is 34.1. The average molecular weight is 836 g/mol. The summed E-state index contributed by atoms with van der Waals surface area (Å²) in [6.07, 6.45) is 6.43. The Morgan fingerprint density at radius 2 is 1.27 bits per heavy atom. The van der Waals surface area contributed by atoms with Crippen LogP contribution >= 0.6 is 11.8 Å². The largest absolute Gasteiger partial charge is 0.370 e. The maximum Gasteiger partial charge on any atom is 0.243 e. The van der Waals surface area contributed by atoms with Crippen molar-refractivity contribution in [1.82, 2.24) is 36.9 Å². The highest BCUT2D eigenvalue weighted by molar-refractivity contribution is 7.98. The second-order valence-electron chi connectivity index (χ2n) is 14.6. The van der Waals surface area contributed by atoms with Crippen molar-refractivity contribution in [2.24, 2.45) is 23.1 Å². The number of unbranched alkanes of at least 4 members (excludes halogenated alkanes) is 1. The van der Waals surface area contributed by atoms with Gasteiger partial charge in [0.05, 0.1) is 0 Å². The molecule has 0 saturated carbocycles. The first-order valence-electron chi connectivity index (χ1n) is 19.9. The van der Waals surface area contributed by atoms with E-state index in [2.05, 4.69) is 36.9 Å². The first-order chi connectivity index (χ1) is 28.2. The quantitative estimate of drug-likeness (QED) is 0.0305. The number of thioether (sulfide) groups is 1. The van der Waals surface area contributed by atoms with Crippen molar-refractivity contribution in [2.45, 2.75) is 95.4 Å². The molecule has 6 atom stereocenters. The standard InChI is InChI=1S/C41H61N11O6S/c1-25(12-11-20-46-41(44)45)36(54)49-31(17-9-10-19-42)37(55)52-34(23-28-24-47-30-16-8-7-15-29(28)30)40(58)50-32(18-21-59-3)38(56)51-33(22-27-13-5-4-6-14-27)39(57)48-26(2)35(43)53/h4-8,13-16,24-26,31-34,47H,9-12,17-23,42H2,1-3H3,(H2,43,53)(H,48,57)(H,49,54)(H,50,58)(H,51,56)(H,52,55)(H4,44,45,46)/t25-,26-,31-,32-,33-,34-/m0/s1. The second-order valence-corrected chi connectivity index (χ2v) is 15.6. The van der Waals surface area contributed by atoms with Crippen LogP contribution in [0.4, 0.5) is 0 Å². The number of aromatic nitrogens is 1. The summed E-state index contributed by atoms with van der Waals surface area (Å²) >= 11 is 1.46. The Bertz CT molecular complexity index is 1860. The van der Waals surface area contributed by atoms with Crippen LogP contribution in [0.5, 0.6) is 0 Å². The Kier molecular flexibility index (Phi) is 20.2. The lowest BCUT2D eigenvalue weighted by atomic mass is 10.0. The monoisotopic (exact) mass is 835 g/mol. The molecule has 6 amide bonds. The predicted octanol–water partition coefficient (Wildman–Crippen LogP) is 0.664. The van der Waals surface area contributed by atoms with E-state index < -0.39 is 65.7 Å². The number of benzene rings is 2. The number of hydrogen-bond donors (Lipinski definition) is 11. The van der Waals surface area contributed by atoms with Gasteiger partial charge in [0.15, 0.2) is 5.96 Å². The average Bonchev–Trinajstić information content (AvgIpc) is 3.62. The minimum absolute atomic E-state index is 0.0471. The molecule has 3 aromatic rings. The van der Waals surface area contributed by atoms with Crippen LogP contribution in [0.15, 0.2) is 60.8 Å². The molecule has 322 valence electrons. The topological polar surface area (TPSA) is 292 Å². The molecule has 0 unspecified atom stereocenters. The third-order valence-electron chi connectivity index (χ3n) is 9.83. The first kappa shape index (κ1) is 47.8. The van der Waals surface area contributed by atoms with Crippen LogP contribution in [-0.2, 0) is 41.6 Å². The Labute approximate surface area is 349 Å². The minimum atomic E-state index is -1.19. The van der Waals surface area contributed by atoms with E-state index in [9.17, 15) is 28.8 Å². The summed E-state index contributed by atoms with van der Waals surface area (Å²) in [6.45, 7) is 4.00. The lowest BCUT2D eigenvalue weighted by Crippen LogP contribution is -2.59. The number of para-hydroxylation sites is 1. The Morgan fingerprint density at radius 1 is 0.695 bits per heavy atom. The van der Waals surface area contributed by atoms with E-state index in [0.717, 1.165) is 22.0 Å². The molecule has 0 radical (unpaired) electrons. The van der Waals surface area contributed by atoms with Gasteiger partial charge in [-0.2, -0.15) is 11.8 Å². The van der Waals surface area contributed by atoms with E-state index in [1.165, 1.54) is 18.7 Å². The van der Waals surface area contributed by atoms with Crippen molar-refractivity contribution >= 4 is 64.1 Å². The van der Waals surface area contributed by atoms with Gasteiger partial charge in [-0.1, -0.05) is 55.5 Å². The van der Waals surface area contributed by atoms with E-state index in [4.69, 9.17) is 22.6 Å². The summed E-state index contributed by atoms with van der Waals surface area (Å²) in [4.78, 5) is 84.2. The number of hydrogen-bond acceptors (Lipinski definition) is 9. The number of carbonyl (C=O) groups is 6. The Balaban J connectivity index is 1.89. The van der Waals surface area contributed by atoms with Crippen molar-refractivity contribution in [3.63, 3.8) is 0 Å². The van der Waals surface area contributed by atoms with Crippen LogP contribution in [0.25, 0.3) is 10.9 Å². The molecule has 0 saturated heterocycles. The summed E-state index contributed by atoms with van der Waals surface area (Å²) in [6, 6.07) is 11.1. The van der Waals surface area contributed by atoms with Gasteiger partial charge in [0.25, 0.3) is 0 Å². The van der Waals surface area contributed by atoms with Gasteiger partial charge in [-0.25, -0.2) is 0 Å². The van der Waals surface area contributed by atoms with E-state index >= 15 is 0 Å². The molecular weight excluding hydrogens is 775 g/mol. The molecule has 59 heavy (non-hydrogen) atoms. The SMILES string of the molecule is CSCC[C@H](NC(=O)[C@H](Cc1c[nH]c2ccccc12)NC(=O)[C@H](CCCCN)NC(=O)[C@@H](C)CCCNC(=N)N)C(=O)N[C@@H](Cc1ccccc1)C(=O)N[C@@H](C)C(N)=O. The number of guanidine groups is 1. The smallest absolute Gasteiger partial charge is 0.243 e. The molecule has 0 bridgehead atoms. The molecular formula is C41H61N11O6S. The number of nitrogens with one attached hydrogen (secondary N) is 8. The Hall–Kier alpha value is -5.62. The molecule has 0 spiro atoms. The van der Waals surface area contributed by atoms with Gasteiger partial charge in [0.2, 0.25) is 35.4 Å². The molecule has 0 aliphatic rings. The summed E-state index contributed by atoms with van der Waals surface area (Å²) in [7, 11) is 0. The van der Waals surface area contributed by atoms with Crippen LogP contribution in [-0.4, -0.2) is 102 Å². The number of fused-ring (bicyclic) bond motifs is 1. The fraction of sp³-hybridized carbons (Fsp3) is 0.488. The van der Waals surface area contributed by atoms with Gasteiger partial charge in [-0.15, -0.1) is 0 Å². The molecule has 0 aliphatic heterocycles. The zero-order chi connectivity index (χ0) is 43.3. The third-order valence-corrected chi connectivity index (χ3v) is 10.5. The van der Waals surface area contributed by atoms with E-state index in [-0.39, 0.29) is 37.6 Å². The van der Waals surface area contributed by atoms with Crippen LogP contribution < -0.4 is 49.1 Å². The number of primary amides is 1. The van der Waals surface area contributed by atoms with Gasteiger partial charge in [0.1, 0.15) is 30.2 Å². The molecule has 3 rings (SSSR count). The second kappa shape index (κ2) is 25.0. The number of aromatic amines is 1. The van der Waals surface area contributed by atoms with Gasteiger partial charge in [-0.05, 0) is 81.2 Å². The van der Waals surface area contributed by atoms with Crippen LogP contribution in [0.2, 0.25) is 0 Å². The molecule has 14 N–H and O–H groups in total. The van der Waals surface area contributed by atoms with E-state index in [0.29, 0.717) is 44.5 Å². The van der Waals surface area contributed by atoms with Crippen molar-refractivity contribution in [1.29, 1.82) is 5.41 Å². The van der Waals surface area contributed by atoms with E-state index in [1.807, 2.05) is 36.6 Å². The number of nitrogens with two attached hydrogens (primary N) is 3. The summed E-state index contributed by atoms with van der Waals surface area (Å²) in [5.41, 5.74) is 18.8. The predicted molar refractivity (Wildman–Crippen MR) is 231 cm³/mol. The van der Waals surface area contributed by atoms with Gasteiger partial charge >= 0.3 is 0 Å². The van der Waals surface area contributed by atoms with Crippen LogP contribution in [0.3, 0.4) is 0 Å². The summed E-state index contributed by atoms with van der Waals surface area (Å²) < 4.78 is 0. The van der Waals surface area contributed by atoms with Crippen molar-refractivity contribution in [2.75, 3.05) is 25.1 Å². The molecule has 1 heterocycles. The van der Waals surface area contributed by atoms with Gasteiger partial charge < -0.3 is 54.1 Å². The first-order valence-corrected chi connectivity index (χ1v) is 21.3. The Morgan fingerprint density at radius 3 is 1.92 bits per heavy atom. The summed E-state index contributed by atoms with van der Waals surface area (Å²) in [5.74, 6) is -3.70. The van der Waals surface area contributed by atoms with Gasteiger partial charge in [-0.3, -0.25) is 34.2 Å². The van der Waals surface area contributed by atoms with Crippen LogP contribution in [0.1, 0.15) is 63.5 Å². The highest BCUT2D eigenvalue weighted by Gasteiger charge is 2.33. The lowest BCUT2D eigenvalue weighted by molar-refractivity contribution is -0.135.